The molecule has 0 aromatic heterocycles. The fourth-order valence-corrected chi connectivity index (χ4v) is 1.35. The van der Waals surface area contributed by atoms with Crippen molar-refractivity contribution in [2.45, 2.75) is 13.0 Å². The van der Waals surface area contributed by atoms with Gasteiger partial charge in [0.05, 0.1) is 6.10 Å². The lowest BCUT2D eigenvalue weighted by atomic mass is 10.1. The Balaban J connectivity index is 2.61. The van der Waals surface area contributed by atoms with Gasteiger partial charge in [0.2, 0.25) is 0 Å². The highest BCUT2D eigenvalue weighted by atomic mass is 28.2. The topological polar surface area (TPSA) is 29.5 Å². The lowest BCUT2D eigenvalue weighted by Gasteiger charge is -2.10. The summed E-state index contributed by atoms with van der Waals surface area (Å²) < 4.78 is 5.12. The molecule has 3 heteroatoms. The van der Waals surface area contributed by atoms with Crippen molar-refractivity contribution in [3.8, 4) is 0 Å². The average Bonchev–Trinajstić information content (AvgIpc) is 2.07. The molecular formula is C8H12O2Si. The van der Waals surface area contributed by atoms with E-state index in [1.165, 1.54) is 0 Å². The lowest BCUT2D eigenvalue weighted by Crippen LogP contribution is -2.03. The van der Waals surface area contributed by atoms with Crippen LogP contribution in [0.15, 0.2) is 30.3 Å². The molecule has 0 saturated carbocycles. The molecule has 0 aliphatic rings. The molecule has 2 nitrogen and oxygen atoms in total. The largest absolute Gasteiger partial charge is 0.415 e. The van der Waals surface area contributed by atoms with E-state index >= 15 is 0 Å². The van der Waals surface area contributed by atoms with Crippen molar-refractivity contribution in [3.63, 3.8) is 0 Å². The molecule has 1 unspecified atom stereocenters. The standard InChI is InChI=1S/C8H12O2Si/c1-7(10-11-9)8-5-3-2-4-6-8/h2-7,9H,11H2,1H3. The van der Waals surface area contributed by atoms with Crippen molar-refractivity contribution < 1.29 is 9.22 Å². The van der Waals surface area contributed by atoms with E-state index in [4.69, 9.17) is 9.22 Å². The third-order valence-electron chi connectivity index (χ3n) is 1.59. The predicted molar refractivity (Wildman–Crippen MR) is 46.7 cm³/mol. The first-order valence-electron chi connectivity index (χ1n) is 3.62. The molecule has 1 atom stereocenters. The van der Waals surface area contributed by atoms with E-state index < -0.39 is 10.0 Å². The highest BCUT2D eigenvalue weighted by molar-refractivity contribution is 6.15. The van der Waals surface area contributed by atoms with Gasteiger partial charge in [0.25, 0.3) is 0 Å². The average molecular weight is 168 g/mol. The van der Waals surface area contributed by atoms with Crippen LogP contribution in [0.2, 0.25) is 0 Å². The van der Waals surface area contributed by atoms with E-state index in [0.717, 1.165) is 5.56 Å². The predicted octanol–water partition coefficient (Wildman–Crippen LogP) is 0.755. The first-order chi connectivity index (χ1) is 5.34. The fraction of sp³-hybridized carbons (Fsp3) is 0.250. The third kappa shape index (κ3) is 2.46. The Labute approximate surface area is 68.9 Å². The zero-order valence-corrected chi connectivity index (χ0v) is 7.94. The molecule has 11 heavy (non-hydrogen) atoms. The molecule has 0 saturated heterocycles. The second-order valence-corrected chi connectivity index (χ2v) is 2.94. The van der Waals surface area contributed by atoms with Gasteiger partial charge < -0.3 is 9.22 Å². The van der Waals surface area contributed by atoms with Gasteiger partial charge in [0, 0.05) is 0 Å². The fourth-order valence-electron chi connectivity index (χ4n) is 0.932. The van der Waals surface area contributed by atoms with E-state index in [1.807, 2.05) is 37.3 Å². The van der Waals surface area contributed by atoms with E-state index in [9.17, 15) is 0 Å². The Kier molecular flexibility index (Phi) is 3.29. The van der Waals surface area contributed by atoms with E-state index in [0.29, 0.717) is 0 Å². The van der Waals surface area contributed by atoms with Gasteiger partial charge in [0.1, 0.15) is 0 Å². The Morgan fingerprint density at radius 2 is 2.00 bits per heavy atom. The molecule has 0 radical (unpaired) electrons. The van der Waals surface area contributed by atoms with Gasteiger partial charge >= 0.3 is 10.0 Å². The maximum Gasteiger partial charge on any atom is 0.302 e. The van der Waals surface area contributed by atoms with Crippen LogP contribution in [0.1, 0.15) is 18.6 Å². The number of hydrogen-bond donors (Lipinski definition) is 1. The lowest BCUT2D eigenvalue weighted by molar-refractivity contribution is 0.204. The number of hydrogen-bond acceptors (Lipinski definition) is 2. The van der Waals surface area contributed by atoms with Crippen LogP contribution < -0.4 is 0 Å². The first-order valence-corrected chi connectivity index (χ1v) is 4.83. The van der Waals surface area contributed by atoms with Crippen molar-refractivity contribution in [1.82, 2.24) is 0 Å². The summed E-state index contributed by atoms with van der Waals surface area (Å²) >= 11 is 0. The summed E-state index contributed by atoms with van der Waals surface area (Å²) in [4.78, 5) is 8.61. The zero-order chi connectivity index (χ0) is 8.10. The quantitative estimate of drug-likeness (QED) is 0.675. The molecule has 1 aromatic carbocycles. The van der Waals surface area contributed by atoms with Crippen LogP contribution >= 0.6 is 0 Å². The smallest absolute Gasteiger partial charge is 0.302 e. The molecule has 0 spiro atoms. The van der Waals surface area contributed by atoms with Gasteiger partial charge in [-0.2, -0.15) is 0 Å². The molecule has 0 fully saturated rings. The van der Waals surface area contributed by atoms with Gasteiger partial charge in [-0.25, -0.2) is 0 Å². The van der Waals surface area contributed by atoms with E-state index in [1.54, 1.807) is 0 Å². The zero-order valence-electron chi connectivity index (χ0n) is 6.53. The molecule has 0 bridgehead atoms. The number of rotatable bonds is 3. The second-order valence-electron chi connectivity index (χ2n) is 2.35. The van der Waals surface area contributed by atoms with E-state index in [2.05, 4.69) is 0 Å². The van der Waals surface area contributed by atoms with Gasteiger partial charge in [-0.15, -0.1) is 0 Å². The number of benzene rings is 1. The SMILES string of the molecule is CC(O[SiH2]O)c1ccccc1. The van der Waals surface area contributed by atoms with Crippen molar-refractivity contribution in [3.05, 3.63) is 35.9 Å². The molecule has 1 rings (SSSR count). The Morgan fingerprint density at radius 3 is 2.55 bits per heavy atom. The monoisotopic (exact) mass is 168 g/mol. The Bertz CT molecular complexity index is 201. The molecule has 0 amide bonds. The maximum absolute atomic E-state index is 8.61. The summed E-state index contributed by atoms with van der Waals surface area (Å²) in [6.07, 6.45) is 0.0351. The highest BCUT2D eigenvalue weighted by Gasteiger charge is 2.01. The van der Waals surface area contributed by atoms with Crippen LogP contribution in [0.25, 0.3) is 0 Å². The first kappa shape index (κ1) is 8.45. The van der Waals surface area contributed by atoms with Crippen LogP contribution in [-0.2, 0) is 4.43 Å². The minimum atomic E-state index is -1.28. The van der Waals surface area contributed by atoms with Crippen molar-refractivity contribution in [1.29, 1.82) is 0 Å². The third-order valence-corrected chi connectivity index (χ3v) is 2.24. The molecule has 60 valence electrons. The molecular weight excluding hydrogens is 156 g/mol. The van der Waals surface area contributed by atoms with Gasteiger partial charge in [-0.05, 0) is 12.5 Å². The summed E-state index contributed by atoms with van der Waals surface area (Å²) in [7, 11) is -1.28. The van der Waals surface area contributed by atoms with Crippen LogP contribution in [0.5, 0.6) is 0 Å². The normalized spacial score (nSPS) is 14.0. The Morgan fingerprint density at radius 1 is 1.36 bits per heavy atom. The molecule has 0 aliphatic carbocycles. The molecule has 0 aliphatic heterocycles. The summed E-state index contributed by atoms with van der Waals surface area (Å²) in [6.45, 7) is 1.94. The molecule has 1 aromatic rings. The van der Waals surface area contributed by atoms with Crippen LogP contribution in [-0.4, -0.2) is 14.8 Å². The van der Waals surface area contributed by atoms with Crippen molar-refractivity contribution in [2.24, 2.45) is 0 Å². The highest BCUT2D eigenvalue weighted by Crippen LogP contribution is 2.14. The molecule has 1 N–H and O–H groups in total. The van der Waals surface area contributed by atoms with Gasteiger partial charge in [0.15, 0.2) is 0 Å². The summed E-state index contributed by atoms with van der Waals surface area (Å²) in [6, 6.07) is 9.89. The van der Waals surface area contributed by atoms with Crippen LogP contribution in [0, 0.1) is 0 Å². The summed E-state index contributed by atoms with van der Waals surface area (Å²) in [5, 5.41) is 0. The minimum Gasteiger partial charge on any atom is -0.415 e. The van der Waals surface area contributed by atoms with Crippen molar-refractivity contribution in [2.75, 3.05) is 0 Å². The molecule has 0 heterocycles. The van der Waals surface area contributed by atoms with Gasteiger partial charge in [-0.1, -0.05) is 30.3 Å². The minimum absolute atomic E-state index is 0.0351. The van der Waals surface area contributed by atoms with Crippen LogP contribution in [0.4, 0.5) is 0 Å². The summed E-state index contributed by atoms with van der Waals surface area (Å²) in [5.74, 6) is 0. The van der Waals surface area contributed by atoms with Crippen molar-refractivity contribution >= 4 is 10.0 Å². The van der Waals surface area contributed by atoms with E-state index in [-0.39, 0.29) is 6.10 Å². The Hall–Kier alpha value is -0.643. The van der Waals surface area contributed by atoms with Crippen LogP contribution in [0.3, 0.4) is 0 Å². The van der Waals surface area contributed by atoms with Gasteiger partial charge in [-0.3, -0.25) is 0 Å². The maximum atomic E-state index is 8.61. The second kappa shape index (κ2) is 4.28. The summed E-state index contributed by atoms with van der Waals surface area (Å²) in [5.41, 5.74) is 1.12.